The molecule has 0 aliphatic heterocycles. The number of carbonyl (C=O) groups is 2. The molecule has 114 valence electrons. The van der Waals surface area contributed by atoms with Crippen LogP contribution in [0.15, 0.2) is 66.8 Å². The molecule has 1 aliphatic rings. The lowest BCUT2D eigenvalue weighted by atomic mass is 9.89. The monoisotopic (exact) mass is 298 g/mol. The second-order valence-electron chi connectivity index (χ2n) is 4.69. The summed E-state index contributed by atoms with van der Waals surface area (Å²) in [5, 5.41) is 0. The van der Waals surface area contributed by atoms with Gasteiger partial charge in [0.05, 0.1) is 13.2 Å². The quantitative estimate of drug-likeness (QED) is 0.598. The number of allylic oxidation sites excluding steroid dienone is 2. The van der Waals surface area contributed by atoms with Gasteiger partial charge < -0.3 is 9.47 Å². The van der Waals surface area contributed by atoms with E-state index >= 15 is 0 Å². The molecule has 4 nitrogen and oxygen atoms in total. The standard InChI is InChI=1S/C18H18O4/c1-2-21-17(20)9-6-14-22-18(12-10-16(19)11-13-18)15-7-4-3-5-8-15/h3-13H,2,14H2,1H3/b9-6+. The number of carbonyl (C=O) groups excluding carboxylic acids is 2. The minimum atomic E-state index is -0.797. The third-order valence-electron chi connectivity index (χ3n) is 3.17. The van der Waals surface area contributed by atoms with E-state index in [1.165, 1.54) is 18.2 Å². The fourth-order valence-electron chi connectivity index (χ4n) is 2.11. The number of hydrogen-bond acceptors (Lipinski definition) is 4. The Morgan fingerprint density at radius 1 is 1.18 bits per heavy atom. The summed E-state index contributed by atoms with van der Waals surface area (Å²) in [5.41, 5.74) is 0.119. The van der Waals surface area contributed by atoms with E-state index in [-0.39, 0.29) is 12.4 Å². The Bertz CT molecular complexity index is 595. The maximum Gasteiger partial charge on any atom is 0.330 e. The SMILES string of the molecule is CCOC(=O)/C=C/COC1(c2ccccc2)C=CC(=O)C=C1. The minimum Gasteiger partial charge on any atom is -0.463 e. The normalized spacial score (nSPS) is 16.1. The molecule has 1 aromatic rings. The van der Waals surface area contributed by atoms with Gasteiger partial charge >= 0.3 is 5.97 Å². The molecule has 0 amide bonds. The molecule has 0 spiro atoms. The van der Waals surface area contributed by atoms with E-state index in [0.29, 0.717) is 6.61 Å². The lowest BCUT2D eigenvalue weighted by molar-refractivity contribution is -0.137. The zero-order valence-electron chi connectivity index (χ0n) is 12.4. The van der Waals surface area contributed by atoms with Gasteiger partial charge in [-0.15, -0.1) is 0 Å². The van der Waals surface area contributed by atoms with Crippen LogP contribution in [0.25, 0.3) is 0 Å². The highest BCUT2D eigenvalue weighted by Crippen LogP contribution is 2.31. The maximum absolute atomic E-state index is 11.4. The highest BCUT2D eigenvalue weighted by Gasteiger charge is 2.29. The number of hydrogen-bond donors (Lipinski definition) is 0. The molecule has 1 aliphatic carbocycles. The van der Waals surface area contributed by atoms with E-state index in [4.69, 9.17) is 9.47 Å². The van der Waals surface area contributed by atoms with Gasteiger partial charge in [-0.05, 0) is 36.8 Å². The van der Waals surface area contributed by atoms with Crippen LogP contribution in [0.1, 0.15) is 12.5 Å². The lowest BCUT2D eigenvalue weighted by Gasteiger charge is -2.29. The summed E-state index contributed by atoms with van der Waals surface area (Å²) >= 11 is 0. The first kappa shape index (κ1) is 15.9. The molecule has 0 unspecified atom stereocenters. The Hall–Kier alpha value is -2.46. The largest absolute Gasteiger partial charge is 0.463 e. The highest BCUT2D eigenvalue weighted by atomic mass is 16.5. The van der Waals surface area contributed by atoms with E-state index in [9.17, 15) is 9.59 Å². The molecular weight excluding hydrogens is 280 g/mol. The first-order valence-electron chi connectivity index (χ1n) is 7.11. The van der Waals surface area contributed by atoms with Crippen molar-refractivity contribution in [1.29, 1.82) is 0 Å². The van der Waals surface area contributed by atoms with Gasteiger partial charge in [0.1, 0.15) is 5.60 Å². The number of benzene rings is 1. The second kappa shape index (κ2) is 7.52. The van der Waals surface area contributed by atoms with Gasteiger partial charge in [0.25, 0.3) is 0 Å². The molecule has 0 radical (unpaired) electrons. The molecule has 0 N–H and O–H groups in total. The van der Waals surface area contributed by atoms with E-state index < -0.39 is 11.6 Å². The molecule has 0 aromatic heterocycles. The molecular formula is C18H18O4. The van der Waals surface area contributed by atoms with Crippen LogP contribution in [0.3, 0.4) is 0 Å². The predicted molar refractivity (Wildman–Crippen MR) is 83.1 cm³/mol. The Kier molecular flexibility index (Phi) is 5.44. The fourth-order valence-corrected chi connectivity index (χ4v) is 2.11. The Morgan fingerprint density at radius 3 is 2.50 bits per heavy atom. The molecule has 0 heterocycles. The van der Waals surface area contributed by atoms with Gasteiger partial charge in [-0.3, -0.25) is 4.79 Å². The van der Waals surface area contributed by atoms with Crippen molar-refractivity contribution >= 4 is 11.8 Å². The molecule has 22 heavy (non-hydrogen) atoms. The molecule has 0 saturated heterocycles. The van der Waals surface area contributed by atoms with Crippen LogP contribution >= 0.6 is 0 Å². The zero-order valence-corrected chi connectivity index (χ0v) is 12.4. The van der Waals surface area contributed by atoms with Gasteiger partial charge in [0.15, 0.2) is 5.78 Å². The van der Waals surface area contributed by atoms with Crippen molar-refractivity contribution in [2.45, 2.75) is 12.5 Å². The van der Waals surface area contributed by atoms with Gasteiger partial charge in [-0.1, -0.05) is 36.4 Å². The van der Waals surface area contributed by atoms with Crippen LogP contribution in [-0.4, -0.2) is 25.0 Å². The predicted octanol–water partition coefficient (Wildman–Crippen LogP) is 2.71. The maximum atomic E-state index is 11.4. The topological polar surface area (TPSA) is 52.6 Å². The van der Waals surface area contributed by atoms with E-state index in [0.717, 1.165) is 5.56 Å². The van der Waals surface area contributed by atoms with Crippen molar-refractivity contribution in [3.05, 3.63) is 72.4 Å². The van der Waals surface area contributed by atoms with Crippen LogP contribution < -0.4 is 0 Å². The van der Waals surface area contributed by atoms with Gasteiger partial charge in [0, 0.05) is 6.08 Å². The summed E-state index contributed by atoms with van der Waals surface area (Å²) in [5.74, 6) is -0.470. The first-order valence-corrected chi connectivity index (χ1v) is 7.11. The molecule has 0 fully saturated rings. The van der Waals surface area contributed by atoms with Crippen LogP contribution in [0.2, 0.25) is 0 Å². The van der Waals surface area contributed by atoms with Gasteiger partial charge in [-0.2, -0.15) is 0 Å². The Labute approximate surface area is 129 Å². The van der Waals surface area contributed by atoms with Crippen molar-refractivity contribution in [2.24, 2.45) is 0 Å². The number of esters is 1. The van der Waals surface area contributed by atoms with Gasteiger partial charge in [0.2, 0.25) is 0 Å². The lowest BCUT2D eigenvalue weighted by Crippen LogP contribution is -2.27. The van der Waals surface area contributed by atoms with E-state index in [2.05, 4.69) is 0 Å². The summed E-state index contributed by atoms with van der Waals surface area (Å²) < 4.78 is 10.7. The highest BCUT2D eigenvalue weighted by molar-refractivity contribution is 6.00. The van der Waals surface area contributed by atoms with Gasteiger partial charge in [-0.25, -0.2) is 4.79 Å². The molecule has 0 bridgehead atoms. The van der Waals surface area contributed by atoms with E-state index in [1.807, 2.05) is 30.3 Å². The first-order chi connectivity index (χ1) is 10.7. The number of rotatable bonds is 6. The summed E-state index contributed by atoms with van der Waals surface area (Å²) in [6, 6.07) is 9.60. The Morgan fingerprint density at radius 2 is 1.86 bits per heavy atom. The van der Waals surface area contributed by atoms with Crippen LogP contribution in [0.5, 0.6) is 0 Å². The Balaban J connectivity index is 2.11. The third-order valence-corrected chi connectivity index (χ3v) is 3.17. The zero-order chi connectivity index (χ0) is 15.8. The van der Waals surface area contributed by atoms with Crippen molar-refractivity contribution in [1.82, 2.24) is 0 Å². The second-order valence-corrected chi connectivity index (χ2v) is 4.69. The molecule has 0 saturated carbocycles. The van der Waals surface area contributed by atoms with Crippen LogP contribution in [0, 0.1) is 0 Å². The molecule has 1 aromatic carbocycles. The summed E-state index contributed by atoms with van der Waals surface area (Å²) in [6.45, 7) is 2.31. The number of ether oxygens (including phenoxy) is 2. The molecule has 0 atom stereocenters. The minimum absolute atomic E-state index is 0.0720. The number of ketones is 1. The van der Waals surface area contributed by atoms with Crippen LogP contribution in [0.4, 0.5) is 0 Å². The van der Waals surface area contributed by atoms with Crippen molar-refractivity contribution in [3.8, 4) is 0 Å². The summed E-state index contributed by atoms with van der Waals surface area (Å²) in [6.07, 6.45) is 9.36. The average molecular weight is 298 g/mol. The summed E-state index contributed by atoms with van der Waals surface area (Å²) in [7, 11) is 0. The fraction of sp³-hybridized carbons (Fsp3) is 0.222. The van der Waals surface area contributed by atoms with E-state index in [1.54, 1.807) is 25.2 Å². The van der Waals surface area contributed by atoms with Crippen molar-refractivity contribution in [3.63, 3.8) is 0 Å². The molecule has 4 heteroatoms. The molecule has 2 rings (SSSR count). The summed E-state index contributed by atoms with van der Waals surface area (Å²) in [4.78, 5) is 22.6. The third kappa shape index (κ3) is 4.02. The smallest absolute Gasteiger partial charge is 0.330 e. The van der Waals surface area contributed by atoms with Crippen molar-refractivity contribution < 1.29 is 19.1 Å². The van der Waals surface area contributed by atoms with Crippen LogP contribution in [-0.2, 0) is 24.7 Å². The van der Waals surface area contributed by atoms with Crippen molar-refractivity contribution in [2.75, 3.05) is 13.2 Å². The average Bonchev–Trinajstić information content (AvgIpc) is 2.55.